The van der Waals surface area contributed by atoms with Crippen LogP contribution < -0.4 is 16.2 Å². The largest absolute Gasteiger partial charge is 0.360 e. The first-order chi connectivity index (χ1) is 13.0. The summed E-state index contributed by atoms with van der Waals surface area (Å²) in [6.45, 7) is 1.40. The highest BCUT2D eigenvalue weighted by atomic mass is 16.2. The predicted molar refractivity (Wildman–Crippen MR) is 102 cm³/mol. The zero-order valence-electron chi connectivity index (χ0n) is 14.8. The van der Waals surface area contributed by atoms with Gasteiger partial charge in [-0.3, -0.25) is 25.2 Å². The second-order valence-electron chi connectivity index (χ2n) is 6.12. The molecule has 3 aromatic rings. The molecule has 0 fully saturated rings. The van der Waals surface area contributed by atoms with Gasteiger partial charge >= 0.3 is 0 Å². The summed E-state index contributed by atoms with van der Waals surface area (Å²) >= 11 is 0. The third kappa shape index (κ3) is 4.52. The first kappa shape index (κ1) is 18.2. The predicted octanol–water partition coefficient (Wildman–Crippen LogP) is 2.20. The number of rotatable bonds is 5. The average molecular weight is 364 g/mol. The summed E-state index contributed by atoms with van der Waals surface area (Å²) < 4.78 is 0. The summed E-state index contributed by atoms with van der Waals surface area (Å²) in [5.41, 5.74) is 6.91. The summed E-state index contributed by atoms with van der Waals surface area (Å²) in [7, 11) is 0. The molecule has 3 rings (SSSR count). The number of H-pyrrole nitrogens is 1. The molecule has 4 N–H and O–H groups in total. The molecule has 0 saturated heterocycles. The number of carbonyl (C=O) groups is 3. The van der Waals surface area contributed by atoms with E-state index in [1.165, 1.54) is 6.92 Å². The normalized spacial score (nSPS) is 11.6. The number of aromatic amines is 1. The molecule has 2 aromatic carbocycles. The van der Waals surface area contributed by atoms with E-state index in [2.05, 4.69) is 21.2 Å². The molecule has 0 aliphatic carbocycles. The Kier molecular flexibility index (Phi) is 5.51. The zero-order valence-corrected chi connectivity index (χ0v) is 14.8. The maximum Gasteiger partial charge on any atom is 0.271 e. The highest BCUT2D eigenvalue weighted by Gasteiger charge is 2.18. The van der Waals surface area contributed by atoms with E-state index in [4.69, 9.17) is 0 Å². The molecule has 1 unspecified atom stereocenters. The van der Waals surface area contributed by atoms with Crippen LogP contribution in [0.3, 0.4) is 0 Å². The van der Waals surface area contributed by atoms with E-state index >= 15 is 0 Å². The van der Waals surface area contributed by atoms with Gasteiger partial charge < -0.3 is 10.3 Å². The number of fused-ring (bicyclic) bond motifs is 1. The van der Waals surface area contributed by atoms with Crippen molar-refractivity contribution in [2.24, 2.45) is 0 Å². The van der Waals surface area contributed by atoms with E-state index in [0.717, 1.165) is 16.5 Å². The molecule has 0 aliphatic heterocycles. The molecule has 7 nitrogen and oxygen atoms in total. The van der Waals surface area contributed by atoms with Gasteiger partial charge in [-0.1, -0.05) is 48.5 Å². The number of amides is 3. The maximum absolute atomic E-state index is 12.3. The van der Waals surface area contributed by atoms with Crippen LogP contribution in [0.1, 0.15) is 35.3 Å². The van der Waals surface area contributed by atoms with Crippen LogP contribution in [0.2, 0.25) is 0 Å². The van der Waals surface area contributed by atoms with Crippen LogP contribution in [-0.2, 0) is 9.59 Å². The molecule has 0 saturated carbocycles. The number of hydrogen-bond acceptors (Lipinski definition) is 3. The summed E-state index contributed by atoms with van der Waals surface area (Å²) in [6, 6.07) is 16.1. The Morgan fingerprint density at radius 1 is 0.963 bits per heavy atom. The van der Waals surface area contributed by atoms with Crippen LogP contribution in [0.25, 0.3) is 10.9 Å². The van der Waals surface area contributed by atoms with Gasteiger partial charge in [-0.15, -0.1) is 0 Å². The minimum Gasteiger partial charge on any atom is -0.360 e. The quantitative estimate of drug-likeness (QED) is 0.522. The lowest BCUT2D eigenvalue weighted by Gasteiger charge is -2.18. The number of benzene rings is 2. The number of carbonyl (C=O) groups excluding carboxylic acids is 3. The number of hydrogen-bond donors (Lipinski definition) is 4. The number of nitrogens with one attached hydrogen (secondary N) is 4. The molecule has 3 amide bonds. The summed E-state index contributed by atoms with van der Waals surface area (Å²) in [6.07, 6.45) is 1.59. The van der Waals surface area contributed by atoms with E-state index < -0.39 is 17.9 Å². The summed E-state index contributed by atoms with van der Waals surface area (Å²) in [5, 5.41) is 3.52. The maximum atomic E-state index is 12.3. The van der Waals surface area contributed by atoms with Gasteiger partial charge in [0.2, 0.25) is 11.8 Å². The fourth-order valence-electron chi connectivity index (χ4n) is 2.87. The van der Waals surface area contributed by atoms with Gasteiger partial charge in [0.05, 0.1) is 18.0 Å². The van der Waals surface area contributed by atoms with Gasteiger partial charge in [0, 0.05) is 24.0 Å². The zero-order chi connectivity index (χ0) is 19.2. The van der Waals surface area contributed by atoms with Gasteiger partial charge in [0.25, 0.3) is 5.91 Å². The van der Waals surface area contributed by atoms with Crippen molar-refractivity contribution in [2.75, 3.05) is 0 Å². The van der Waals surface area contributed by atoms with Crippen molar-refractivity contribution >= 4 is 28.6 Å². The summed E-state index contributed by atoms with van der Waals surface area (Å²) in [5.74, 6) is -1.07. The Morgan fingerprint density at radius 2 is 1.67 bits per heavy atom. The van der Waals surface area contributed by atoms with E-state index in [0.29, 0.717) is 5.56 Å². The lowest BCUT2D eigenvalue weighted by atomic mass is 10.0. The van der Waals surface area contributed by atoms with E-state index in [1.54, 1.807) is 6.20 Å². The van der Waals surface area contributed by atoms with Gasteiger partial charge in [0.1, 0.15) is 0 Å². The number of para-hydroxylation sites is 1. The van der Waals surface area contributed by atoms with Gasteiger partial charge in [-0.25, -0.2) is 0 Å². The number of hydrazine groups is 1. The van der Waals surface area contributed by atoms with Crippen LogP contribution in [0, 0.1) is 0 Å². The molecular weight excluding hydrogens is 344 g/mol. The van der Waals surface area contributed by atoms with Crippen LogP contribution >= 0.6 is 0 Å². The Bertz CT molecular complexity index is 966. The van der Waals surface area contributed by atoms with Crippen molar-refractivity contribution in [3.63, 3.8) is 0 Å². The molecule has 1 aromatic heterocycles. The molecular formula is C20H20N4O3. The smallest absolute Gasteiger partial charge is 0.271 e. The molecule has 27 heavy (non-hydrogen) atoms. The number of aromatic nitrogens is 1. The van der Waals surface area contributed by atoms with Crippen molar-refractivity contribution in [1.82, 2.24) is 21.2 Å². The standard InChI is InChI=1S/C20H20N4O3/c1-13(25)22-18(14-7-3-2-4-8-14)11-19(26)23-24-20(27)16-12-21-17-10-6-5-9-15(16)17/h2-10,12,18,21H,11H2,1H3,(H,22,25)(H,23,26)(H,24,27). The second-order valence-corrected chi connectivity index (χ2v) is 6.12. The minimum absolute atomic E-state index is 0.00222. The first-order valence-corrected chi connectivity index (χ1v) is 8.52. The van der Waals surface area contributed by atoms with Crippen LogP contribution in [0.4, 0.5) is 0 Å². The highest BCUT2D eigenvalue weighted by molar-refractivity contribution is 6.07. The molecule has 1 atom stereocenters. The Morgan fingerprint density at radius 3 is 2.41 bits per heavy atom. The van der Waals surface area contributed by atoms with Crippen LogP contribution in [-0.4, -0.2) is 22.7 Å². The van der Waals surface area contributed by atoms with Gasteiger partial charge in [-0.05, 0) is 11.6 Å². The van der Waals surface area contributed by atoms with Crippen molar-refractivity contribution in [3.05, 3.63) is 71.9 Å². The Balaban J connectivity index is 1.62. The molecule has 138 valence electrons. The van der Waals surface area contributed by atoms with Crippen LogP contribution in [0.15, 0.2) is 60.8 Å². The van der Waals surface area contributed by atoms with E-state index in [1.807, 2.05) is 54.6 Å². The van der Waals surface area contributed by atoms with Gasteiger partial charge in [-0.2, -0.15) is 0 Å². The van der Waals surface area contributed by atoms with Crippen molar-refractivity contribution in [3.8, 4) is 0 Å². The molecule has 7 heteroatoms. The van der Waals surface area contributed by atoms with Crippen molar-refractivity contribution in [2.45, 2.75) is 19.4 Å². The van der Waals surface area contributed by atoms with Crippen molar-refractivity contribution in [1.29, 1.82) is 0 Å². The first-order valence-electron chi connectivity index (χ1n) is 8.52. The summed E-state index contributed by atoms with van der Waals surface area (Å²) in [4.78, 5) is 39.1. The van der Waals surface area contributed by atoms with E-state index in [9.17, 15) is 14.4 Å². The van der Waals surface area contributed by atoms with E-state index in [-0.39, 0.29) is 12.3 Å². The lowest BCUT2D eigenvalue weighted by molar-refractivity contribution is -0.123. The molecule has 1 heterocycles. The minimum atomic E-state index is -0.478. The third-order valence-corrected chi connectivity index (χ3v) is 4.12. The lowest BCUT2D eigenvalue weighted by Crippen LogP contribution is -2.43. The fraction of sp³-hybridized carbons (Fsp3) is 0.150. The average Bonchev–Trinajstić information content (AvgIpc) is 3.10. The molecule has 0 aliphatic rings. The van der Waals surface area contributed by atoms with Crippen LogP contribution in [0.5, 0.6) is 0 Å². The highest BCUT2D eigenvalue weighted by Crippen LogP contribution is 2.18. The monoisotopic (exact) mass is 364 g/mol. The Labute approximate surface area is 156 Å². The van der Waals surface area contributed by atoms with Gasteiger partial charge in [0.15, 0.2) is 0 Å². The fourth-order valence-corrected chi connectivity index (χ4v) is 2.87. The van der Waals surface area contributed by atoms with Crippen molar-refractivity contribution < 1.29 is 14.4 Å². The molecule has 0 radical (unpaired) electrons. The second kappa shape index (κ2) is 8.18. The third-order valence-electron chi connectivity index (χ3n) is 4.12. The molecule has 0 bridgehead atoms. The SMILES string of the molecule is CC(=O)NC(CC(=O)NNC(=O)c1c[nH]c2ccccc12)c1ccccc1. The Hall–Kier alpha value is -3.61. The topological polar surface area (TPSA) is 103 Å². The molecule has 0 spiro atoms.